The normalized spacial score (nSPS) is 11.6. The second-order valence-corrected chi connectivity index (χ2v) is 9.94. The van der Waals surface area contributed by atoms with Crippen molar-refractivity contribution in [2.24, 2.45) is 0 Å². The van der Waals surface area contributed by atoms with Crippen LogP contribution in [0.2, 0.25) is 0 Å². The van der Waals surface area contributed by atoms with E-state index in [2.05, 4.69) is 61.3 Å². The average Bonchev–Trinajstić information content (AvgIpc) is 2.83. The van der Waals surface area contributed by atoms with Crippen LogP contribution in [0.4, 0.5) is 0 Å². The number of unbranched alkanes of at least 4 members (excludes halogenated alkanes) is 15. The highest BCUT2D eigenvalue weighted by Crippen LogP contribution is 2.21. The molecule has 0 heterocycles. The van der Waals surface area contributed by atoms with Crippen LogP contribution in [-0.2, 0) is 6.42 Å². The third-order valence-electron chi connectivity index (χ3n) is 7.16. The molecule has 2 aromatic rings. The van der Waals surface area contributed by atoms with E-state index in [0.29, 0.717) is 0 Å². The Labute approximate surface area is 200 Å². The van der Waals surface area contributed by atoms with Gasteiger partial charge in [0, 0.05) is 0 Å². The summed E-state index contributed by atoms with van der Waals surface area (Å²) < 4.78 is 0. The summed E-state index contributed by atoms with van der Waals surface area (Å²) >= 11 is 0. The lowest BCUT2D eigenvalue weighted by molar-refractivity contribution is 0.340. The van der Waals surface area contributed by atoms with Gasteiger partial charge in [-0.1, -0.05) is 139 Å². The molecule has 0 atom stereocenters. The molecular weight excluding hydrogens is 386 g/mol. The minimum absolute atomic E-state index is 1.19. The number of aryl methyl sites for hydroxylation is 1. The molecule has 0 aromatic heterocycles. The maximum atomic E-state index is 2.42. The summed E-state index contributed by atoms with van der Waals surface area (Å²) in [5.41, 5.74) is 1.53. The molecule has 0 N–H and O–H groups in total. The number of hydrogen-bond acceptors (Lipinski definition) is 1. The molecule has 0 aliphatic heterocycles. The van der Waals surface area contributed by atoms with Crippen LogP contribution in [0.5, 0.6) is 0 Å². The van der Waals surface area contributed by atoms with E-state index in [0.717, 1.165) is 0 Å². The average molecular weight is 438 g/mol. The van der Waals surface area contributed by atoms with Crippen molar-refractivity contribution in [3.05, 3.63) is 48.0 Å². The van der Waals surface area contributed by atoms with Gasteiger partial charge >= 0.3 is 0 Å². The minimum atomic E-state index is 1.19. The Bertz CT molecular complexity index is 686. The van der Waals surface area contributed by atoms with Crippen molar-refractivity contribution < 1.29 is 0 Å². The Morgan fingerprint density at radius 1 is 0.531 bits per heavy atom. The number of hydrogen-bond donors (Lipinski definition) is 0. The molecule has 180 valence electrons. The highest BCUT2D eigenvalue weighted by Gasteiger charge is 2.00. The minimum Gasteiger partial charge on any atom is -0.307 e. The van der Waals surface area contributed by atoms with E-state index >= 15 is 0 Å². The maximum absolute atomic E-state index is 2.42. The van der Waals surface area contributed by atoms with E-state index in [1.165, 1.54) is 139 Å². The molecule has 0 aliphatic rings. The molecule has 0 saturated carbocycles. The zero-order valence-corrected chi connectivity index (χ0v) is 21.4. The van der Waals surface area contributed by atoms with Crippen molar-refractivity contribution in [3.8, 4) is 0 Å². The predicted molar refractivity (Wildman–Crippen MR) is 145 cm³/mol. The van der Waals surface area contributed by atoms with Crippen molar-refractivity contribution in [1.29, 1.82) is 0 Å². The van der Waals surface area contributed by atoms with E-state index in [4.69, 9.17) is 0 Å². The third-order valence-corrected chi connectivity index (χ3v) is 7.16. The van der Waals surface area contributed by atoms with Crippen LogP contribution in [0, 0.1) is 0 Å². The first-order chi connectivity index (χ1) is 15.8. The van der Waals surface area contributed by atoms with E-state index in [9.17, 15) is 0 Å². The second kappa shape index (κ2) is 18.1. The van der Waals surface area contributed by atoms with Crippen LogP contribution in [0.15, 0.2) is 42.5 Å². The monoisotopic (exact) mass is 437 g/mol. The molecule has 0 saturated heterocycles. The van der Waals surface area contributed by atoms with E-state index in [1.807, 2.05) is 0 Å². The van der Waals surface area contributed by atoms with E-state index < -0.39 is 0 Å². The molecule has 0 spiro atoms. The predicted octanol–water partition coefficient (Wildman–Crippen LogP) is 9.58. The van der Waals surface area contributed by atoms with Crippen molar-refractivity contribution in [3.63, 3.8) is 0 Å². The number of nitrogens with zero attached hydrogens (tertiary/aromatic N) is 1. The number of benzene rings is 2. The second-order valence-electron chi connectivity index (χ2n) is 9.94. The Hall–Kier alpha value is -1.34. The van der Waals surface area contributed by atoms with Gasteiger partial charge in [0.1, 0.15) is 0 Å². The summed E-state index contributed by atoms with van der Waals surface area (Å²) in [5, 5.41) is 2.83. The van der Waals surface area contributed by atoms with Crippen LogP contribution in [0.1, 0.15) is 115 Å². The fourth-order valence-electron chi connectivity index (χ4n) is 4.84. The first kappa shape index (κ1) is 26.9. The molecule has 32 heavy (non-hydrogen) atoms. The molecule has 0 unspecified atom stereocenters. The van der Waals surface area contributed by atoms with Crippen molar-refractivity contribution in [1.82, 2.24) is 4.90 Å². The first-order valence-corrected chi connectivity index (χ1v) is 14.0. The molecule has 1 heteroatoms. The molecular formula is C31H51N. The summed E-state index contributed by atoms with van der Waals surface area (Å²) in [6, 6.07) is 15.6. The molecule has 0 amide bonds. The van der Waals surface area contributed by atoms with Crippen LogP contribution >= 0.6 is 0 Å². The maximum Gasteiger partial charge on any atom is -0.00219 e. The molecule has 2 rings (SSSR count). The SMILES string of the molecule is CCN(C)CCCCCCCCCCCCCCCCCCc1cccc2ccccc12. The van der Waals surface area contributed by atoms with Crippen LogP contribution < -0.4 is 0 Å². The highest BCUT2D eigenvalue weighted by atomic mass is 15.1. The summed E-state index contributed by atoms with van der Waals surface area (Å²) in [7, 11) is 2.23. The largest absolute Gasteiger partial charge is 0.307 e. The quantitative estimate of drug-likeness (QED) is 0.186. The Kier molecular flexibility index (Phi) is 15.2. The van der Waals surface area contributed by atoms with E-state index in [1.54, 1.807) is 0 Å². The standard InChI is InChI=1S/C31H51N/c1-3-32(2)28-21-17-15-13-11-9-7-5-4-6-8-10-12-14-16-18-23-29-25-22-26-30-24-19-20-27-31(29)30/h19-20,22,24-27H,3-18,21,23,28H2,1-2H3. The van der Waals surface area contributed by atoms with E-state index in [-0.39, 0.29) is 0 Å². The summed E-state index contributed by atoms with van der Waals surface area (Å²) in [6.45, 7) is 4.71. The third kappa shape index (κ3) is 12.0. The molecule has 0 fully saturated rings. The zero-order chi connectivity index (χ0) is 22.7. The van der Waals surface area contributed by atoms with Gasteiger partial charge in [-0.3, -0.25) is 0 Å². The fraction of sp³-hybridized carbons (Fsp3) is 0.677. The van der Waals surface area contributed by atoms with Crippen molar-refractivity contribution >= 4 is 10.8 Å². The van der Waals surface area contributed by atoms with Gasteiger partial charge in [0.05, 0.1) is 0 Å². The Balaban J connectivity index is 1.31. The lowest BCUT2D eigenvalue weighted by Crippen LogP contribution is -2.18. The molecule has 1 nitrogen and oxygen atoms in total. The smallest absolute Gasteiger partial charge is 0.00219 e. The molecule has 0 radical (unpaired) electrons. The van der Waals surface area contributed by atoms with Gasteiger partial charge < -0.3 is 4.90 Å². The Morgan fingerprint density at radius 3 is 1.56 bits per heavy atom. The summed E-state index contributed by atoms with van der Waals surface area (Å²) in [4.78, 5) is 2.42. The fourth-order valence-corrected chi connectivity index (χ4v) is 4.84. The molecule has 0 bridgehead atoms. The zero-order valence-electron chi connectivity index (χ0n) is 21.4. The van der Waals surface area contributed by atoms with Gasteiger partial charge in [-0.15, -0.1) is 0 Å². The lowest BCUT2D eigenvalue weighted by atomic mass is 9.99. The van der Waals surface area contributed by atoms with Gasteiger partial charge in [-0.05, 0) is 55.7 Å². The summed E-state index contributed by atoms with van der Waals surface area (Å²) in [5.74, 6) is 0. The molecule has 2 aromatic carbocycles. The van der Waals surface area contributed by atoms with Crippen LogP contribution in [0.3, 0.4) is 0 Å². The van der Waals surface area contributed by atoms with Gasteiger partial charge in [-0.25, -0.2) is 0 Å². The topological polar surface area (TPSA) is 3.24 Å². The first-order valence-electron chi connectivity index (χ1n) is 14.0. The van der Waals surface area contributed by atoms with Crippen molar-refractivity contribution in [2.75, 3.05) is 20.1 Å². The van der Waals surface area contributed by atoms with Crippen LogP contribution in [0.25, 0.3) is 10.8 Å². The van der Waals surface area contributed by atoms with Gasteiger partial charge in [0.2, 0.25) is 0 Å². The van der Waals surface area contributed by atoms with Gasteiger partial charge in [0.25, 0.3) is 0 Å². The van der Waals surface area contributed by atoms with Crippen molar-refractivity contribution in [2.45, 2.75) is 116 Å². The lowest BCUT2D eigenvalue weighted by Gasteiger charge is -2.12. The van der Waals surface area contributed by atoms with Gasteiger partial charge in [-0.2, -0.15) is 0 Å². The summed E-state index contributed by atoms with van der Waals surface area (Å²) in [6.07, 6.45) is 24.2. The van der Waals surface area contributed by atoms with Gasteiger partial charge in [0.15, 0.2) is 0 Å². The molecule has 0 aliphatic carbocycles. The number of rotatable bonds is 20. The van der Waals surface area contributed by atoms with Crippen LogP contribution in [-0.4, -0.2) is 25.0 Å². The Morgan fingerprint density at radius 2 is 1.00 bits per heavy atom. The number of fused-ring (bicyclic) bond motifs is 1. The highest BCUT2D eigenvalue weighted by molar-refractivity contribution is 5.85.